The fourth-order valence-electron chi connectivity index (χ4n) is 2.24. The number of hydrogen-bond acceptors (Lipinski definition) is 2. The molecule has 2 aromatic rings. The van der Waals surface area contributed by atoms with Crippen molar-refractivity contribution in [1.82, 2.24) is 0 Å². The second-order valence-corrected chi connectivity index (χ2v) is 6.21. The van der Waals surface area contributed by atoms with Gasteiger partial charge in [0.15, 0.2) is 5.78 Å². The number of halogens is 1. The molecular weight excluding hydrogens is 328 g/mol. The van der Waals surface area contributed by atoms with Crippen LogP contribution in [0.4, 0.5) is 0 Å². The van der Waals surface area contributed by atoms with Crippen LogP contribution in [0.5, 0.6) is 5.75 Å². The Morgan fingerprint density at radius 1 is 1.10 bits per heavy atom. The van der Waals surface area contributed by atoms with E-state index < -0.39 is 0 Å². The molecule has 2 aromatic carbocycles. The molecule has 0 fully saturated rings. The van der Waals surface area contributed by atoms with Gasteiger partial charge in [-0.05, 0) is 63.1 Å². The molecule has 0 amide bonds. The van der Waals surface area contributed by atoms with Crippen LogP contribution in [0.25, 0.3) is 0 Å². The van der Waals surface area contributed by atoms with Crippen molar-refractivity contribution in [2.75, 3.05) is 0 Å². The van der Waals surface area contributed by atoms with Gasteiger partial charge >= 0.3 is 0 Å². The van der Waals surface area contributed by atoms with Gasteiger partial charge < -0.3 is 4.74 Å². The molecule has 0 atom stereocenters. The molecule has 3 heteroatoms. The minimum absolute atomic E-state index is 0.00931. The largest absolute Gasteiger partial charge is 0.490 e. The number of carbonyl (C=O) groups is 1. The molecule has 0 aliphatic rings. The zero-order chi connectivity index (χ0) is 15.6. The molecule has 110 valence electrons. The smallest absolute Gasteiger partial charge is 0.196 e. The van der Waals surface area contributed by atoms with E-state index in [0.717, 1.165) is 15.6 Å². The molecule has 0 aliphatic carbocycles. The Hall–Kier alpha value is -1.61. The third-order valence-corrected chi connectivity index (χ3v) is 4.44. The second-order valence-electron chi connectivity index (χ2n) is 5.42. The Labute approximate surface area is 134 Å². The summed E-state index contributed by atoms with van der Waals surface area (Å²) in [4.78, 5) is 12.8. The molecule has 0 aromatic heterocycles. The highest BCUT2D eigenvalue weighted by molar-refractivity contribution is 9.10. The van der Waals surface area contributed by atoms with Crippen molar-refractivity contribution >= 4 is 21.7 Å². The van der Waals surface area contributed by atoms with Crippen LogP contribution < -0.4 is 4.74 Å². The van der Waals surface area contributed by atoms with E-state index in [1.54, 1.807) is 0 Å². The average molecular weight is 347 g/mol. The molecule has 0 N–H and O–H groups in total. The van der Waals surface area contributed by atoms with E-state index in [-0.39, 0.29) is 11.9 Å². The highest BCUT2D eigenvalue weighted by Crippen LogP contribution is 2.27. The highest BCUT2D eigenvalue weighted by Gasteiger charge is 2.16. The SMILES string of the molecule is Cc1cc(C(=O)c2ccccc2OC(C)C)cc(C)c1Br. The molecule has 0 bridgehead atoms. The maximum Gasteiger partial charge on any atom is 0.196 e. The average Bonchev–Trinajstić information content (AvgIpc) is 2.43. The predicted molar refractivity (Wildman–Crippen MR) is 89.3 cm³/mol. The Bertz CT molecular complexity index is 652. The van der Waals surface area contributed by atoms with Gasteiger partial charge in [-0.3, -0.25) is 4.79 Å². The van der Waals surface area contributed by atoms with Gasteiger partial charge in [0.1, 0.15) is 5.75 Å². The highest BCUT2D eigenvalue weighted by atomic mass is 79.9. The summed E-state index contributed by atoms with van der Waals surface area (Å²) in [5, 5.41) is 0. The Morgan fingerprint density at radius 2 is 1.67 bits per heavy atom. The summed E-state index contributed by atoms with van der Waals surface area (Å²) in [6, 6.07) is 11.2. The van der Waals surface area contributed by atoms with E-state index in [2.05, 4.69) is 15.9 Å². The number of hydrogen-bond donors (Lipinski definition) is 0. The van der Waals surface area contributed by atoms with Crippen molar-refractivity contribution in [1.29, 1.82) is 0 Å². The van der Waals surface area contributed by atoms with Gasteiger partial charge in [-0.25, -0.2) is 0 Å². The van der Waals surface area contributed by atoms with Crippen molar-refractivity contribution in [2.45, 2.75) is 33.8 Å². The summed E-state index contributed by atoms with van der Waals surface area (Å²) < 4.78 is 6.79. The number of ether oxygens (including phenoxy) is 1. The van der Waals surface area contributed by atoms with E-state index in [1.165, 1.54) is 0 Å². The van der Waals surface area contributed by atoms with Crippen molar-refractivity contribution in [2.24, 2.45) is 0 Å². The first-order valence-electron chi connectivity index (χ1n) is 6.97. The molecule has 0 heterocycles. The van der Waals surface area contributed by atoms with Crippen LogP contribution in [0, 0.1) is 13.8 Å². The van der Waals surface area contributed by atoms with E-state index >= 15 is 0 Å². The molecule has 0 aliphatic heterocycles. The third-order valence-electron chi connectivity index (χ3n) is 3.19. The Kier molecular flexibility index (Phi) is 4.84. The number of rotatable bonds is 4. The van der Waals surface area contributed by atoms with Gasteiger partial charge in [0.2, 0.25) is 0 Å². The summed E-state index contributed by atoms with van der Waals surface area (Å²) in [5.41, 5.74) is 3.40. The summed E-state index contributed by atoms with van der Waals surface area (Å²) >= 11 is 3.53. The van der Waals surface area contributed by atoms with E-state index in [1.807, 2.05) is 64.1 Å². The standard InChI is InChI=1S/C18H19BrO2/c1-11(2)21-16-8-6-5-7-15(16)18(20)14-9-12(3)17(19)13(4)10-14/h5-11H,1-4H3. The number of carbonyl (C=O) groups excluding carboxylic acids is 1. The maximum atomic E-state index is 12.8. The first-order chi connectivity index (χ1) is 9.90. The second kappa shape index (κ2) is 6.44. The molecule has 0 unspecified atom stereocenters. The first kappa shape index (κ1) is 15.8. The maximum absolute atomic E-state index is 12.8. The van der Waals surface area contributed by atoms with Crippen molar-refractivity contribution < 1.29 is 9.53 Å². The Morgan fingerprint density at radius 3 is 2.24 bits per heavy atom. The number of benzene rings is 2. The minimum Gasteiger partial charge on any atom is -0.490 e. The number of para-hydroxylation sites is 1. The number of ketones is 1. The van der Waals surface area contributed by atoms with Crippen LogP contribution >= 0.6 is 15.9 Å². The van der Waals surface area contributed by atoms with Gasteiger partial charge in [-0.15, -0.1) is 0 Å². The van der Waals surface area contributed by atoms with Gasteiger partial charge in [-0.1, -0.05) is 28.1 Å². The van der Waals surface area contributed by atoms with Crippen LogP contribution in [0.1, 0.15) is 40.9 Å². The topological polar surface area (TPSA) is 26.3 Å². The lowest BCUT2D eigenvalue weighted by Crippen LogP contribution is -2.11. The molecule has 21 heavy (non-hydrogen) atoms. The fraction of sp³-hybridized carbons (Fsp3) is 0.278. The normalized spacial score (nSPS) is 10.8. The van der Waals surface area contributed by atoms with E-state index in [9.17, 15) is 4.79 Å². The van der Waals surface area contributed by atoms with E-state index in [4.69, 9.17) is 4.74 Å². The lowest BCUT2D eigenvalue weighted by atomic mass is 9.99. The van der Waals surface area contributed by atoms with Crippen LogP contribution in [-0.2, 0) is 0 Å². The molecular formula is C18H19BrO2. The van der Waals surface area contributed by atoms with Crippen LogP contribution in [0.2, 0.25) is 0 Å². The summed E-state index contributed by atoms with van der Waals surface area (Å²) in [7, 11) is 0. The molecule has 2 nitrogen and oxygen atoms in total. The zero-order valence-electron chi connectivity index (χ0n) is 12.7. The quantitative estimate of drug-likeness (QED) is 0.721. The van der Waals surface area contributed by atoms with Crippen LogP contribution in [0.3, 0.4) is 0 Å². The van der Waals surface area contributed by atoms with Gasteiger partial charge in [0.05, 0.1) is 11.7 Å². The van der Waals surface area contributed by atoms with Crippen LogP contribution in [-0.4, -0.2) is 11.9 Å². The Balaban J connectivity index is 2.45. The summed E-state index contributed by atoms with van der Waals surface area (Å²) in [6.45, 7) is 7.89. The summed E-state index contributed by atoms with van der Waals surface area (Å²) in [5.74, 6) is 0.626. The van der Waals surface area contributed by atoms with Crippen molar-refractivity contribution in [3.63, 3.8) is 0 Å². The first-order valence-corrected chi connectivity index (χ1v) is 7.76. The molecule has 0 saturated heterocycles. The monoisotopic (exact) mass is 346 g/mol. The third kappa shape index (κ3) is 3.53. The number of aryl methyl sites for hydroxylation is 2. The van der Waals surface area contributed by atoms with Gasteiger partial charge in [0.25, 0.3) is 0 Å². The van der Waals surface area contributed by atoms with Crippen molar-refractivity contribution in [3.05, 3.63) is 63.1 Å². The predicted octanol–water partition coefficient (Wildman–Crippen LogP) is 5.08. The molecule has 2 rings (SSSR count). The fourth-order valence-corrected chi connectivity index (χ4v) is 2.47. The summed E-state index contributed by atoms with van der Waals surface area (Å²) in [6.07, 6.45) is 0.0346. The van der Waals surface area contributed by atoms with Gasteiger partial charge in [-0.2, -0.15) is 0 Å². The van der Waals surface area contributed by atoms with Crippen LogP contribution in [0.15, 0.2) is 40.9 Å². The molecule has 0 saturated carbocycles. The lowest BCUT2D eigenvalue weighted by Gasteiger charge is -2.14. The zero-order valence-corrected chi connectivity index (χ0v) is 14.3. The van der Waals surface area contributed by atoms with Gasteiger partial charge in [0, 0.05) is 10.0 Å². The molecule has 0 spiro atoms. The molecule has 0 radical (unpaired) electrons. The minimum atomic E-state index is -0.00931. The lowest BCUT2D eigenvalue weighted by molar-refractivity contribution is 0.103. The van der Waals surface area contributed by atoms with E-state index in [0.29, 0.717) is 16.9 Å². The van der Waals surface area contributed by atoms with Crippen molar-refractivity contribution in [3.8, 4) is 5.75 Å².